The van der Waals surface area contributed by atoms with E-state index in [0.717, 1.165) is 0 Å². The molecule has 0 aliphatic heterocycles. The van der Waals surface area contributed by atoms with Crippen LogP contribution in [0.15, 0.2) is 63.9 Å². The minimum Gasteiger partial charge on any atom is -0.441 e. The van der Waals surface area contributed by atoms with E-state index in [1.54, 1.807) is 54.5 Å². The maximum Gasteiger partial charge on any atom is 0.258 e. The minimum absolute atomic E-state index is 0.124. The van der Waals surface area contributed by atoms with Crippen LogP contribution in [0.25, 0.3) is 22.2 Å². The molecule has 33 heavy (non-hydrogen) atoms. The van der Waals surface area contributed by atoms with E-state index in [9.17, 15) is 14.0 Å². The average Bonchev–Trinajstić information content (AvgIpc) is 3.29. The Morgan fingerprint density at radius 2 is 1.97 bits per heavy atom. The molecule has 4 aromatic rings. The van der Waals surface area contributed by atoms with Gasteiger partial charge in [-0.2, -0.15) is 0 Å². The Labute approximate surface area is 189 Å². The Kier molecular flexibility index (Phi) is 6.89. The van der Waals surface area contributed by atoms with E-state index in [4.69, 9.17) is 9.15 Å². The number of H-pyrrole nitrogens is 1. The fourth-order valence-electron chi connectivity index (χ4n) is 3.47. The topological polar surface area (TPSA) is 101 Å². The summed E-state index contributed by atoms with van der Waals surface area (Å²) in [5.74, 6) is 0.462. The molecule has 1 N–H and O–H groups in total. The number of benzene rings is 2. The SMILES string of the molecule is COCCN(Cc1nc2ccccc2c(=O)[nH]1)C(=O)CCc1ncc(-c2ccccc2F)o1. The van der Waals surface area contributed by atoms with Gasteiger partial charge < -0.3 is 19.0 Å². The van der Waals surface area contributed by atoms with Crippen LogP contribution in [-0.2, 0) is 22.5 Å². The van der Waals surface area contributed by atoms with Crippen LogP contribution in [0, 0.1) is 5.82 Å². The summed E-state index contributed by atoms with van der Waals surface area (Å²) in [4.78, 5) is 38.2. The number of rotatable bonds is 9. The predicted octanol–water partition coefficient (Wildman–Crippen LogP) is 3.33. The second kappa shape index (κ2) is 10.2. The van der Waals surface area contributed by atoms with Gasteiger partial charge in [0.25, 0.3) is 5.56 Å². The van der Waals surface area contributed by atoms with E-state index < -0.39 is 5.82 Å². The van der Waals surface area contributed by atoms with Gasteiger partial charge >= 0.3 is 0 Å². The third kappa shape index (κ3) is 5.32. The highest BCUT2D eigenvalue weighted by Gasteiger charge is 2.18. The zero-order valence-electron chi connectivity index (χ0n) is 18.1. The lowest BCUT2D eigenvalue weighted by Crippen LogP contribution is -2.34. The van der Waals surface area contributed by atoms with Gasteiger partial charge in [-0.05, 0) is 24.3 Å². The van der Waals surface area contributed by atoms with Crippen molar-refractivity contribution in [2.24, 2.45) is 0 Å². The quantitative estimate of drug-likeness (QED) is 0.420. The molecule has 0 unspecified atom stereocenters. The lowest BCUT2D eigenvalue weighted by atomic mass is 10.2. The number of methoxy groups -OCH3 is 1. The molecule has 0 aliphatic carbocycles. The monoisotopic (exact) mass is 450 g/mol. The van der Waals surface area contributed by atoms with Crippen molar-refractivity contribution in [3.63, 3.8) is 0 Å². The molecule has 0 radical (unpaired) electrons. The van der Waals surface area contributed by atoms with Crippen molar-refractivity contribution in [3.05, 3.63) is 82.6 Å². The summed E-state index contributed by atoms with van der Waals surface area (Å²) < 4.78 is 24.7. The number of ether oxygens (including phenoxy) is 1. The number of amides is 1. The van der Waals surface area contributed by atoms with E-state index in [1.807, 2.05) is 0 Å². The molecule has 0 saturated heterocycles. The van der Waals surface area contributed by atoms with Crippen molar-refractivity contribution in [3.8, 4) is 11.3 Å². The fraction of sp³-hybridized carbons (Fsp3) is 0.250. The molecule has 0 aliphatic rings. The van der Waals surface area contributed by atoms with Crippen LogP contribution in [0.4, 0.5) is 4.39 Å². The highest BCUT2D eigenvalue weighted by Crippen LogP contribution is 2.23. The summed E-state index contributed by atoms with van der Waals surface area (Å²) in [6.07, 6.45) is 1.82. The Morgan fingerprint density at radius 3 is 2.79 bits per heavy atom. The molecule has 2 aromatic carbocycles. The van der Waals surface area contributed by atoms with Gasteiger partial charge in [-0.25, -0.2) is 14.4 Å². The molecule has 0 spiro atoms. The summed E-state index contributed by atoms with van der Waals surface area (Å²) in [5.41, 5.74) is 0.627. The standard InChI is InChI=1S/C24H23FN4O4/c1-32-13-12-29(15-21-27-19-9-5-3-7-17(19)24(31)28-21)23(30)11-10-22-26-14-20(33-22)16-6-2-4-8-18(16)25/h2-9,14H,10-13,15H2,1H3,(H,27,28,31). The molecule has 0 saturated carbocycles. The Balaban J connectivity index is 1.45. The average molecular weight is 450 g/mol. The summed E-state index contributed by atoms with van der Waals surface area (Å²) in [7, 11) is 1.55. The van der Waals surface area contributed by atoms with Crippen LogP contribution < -0.4 is 5.56 Å². The van der Waals surface area contributed by atoms with Gasteiger partial charge in [-0.15, -0.1) is 0 Å². The molecular formula is C24H23FN4O4. The molecule has 4 rings (SSSR count). The van der Waals surface area contributed by atoms with Gasteiger partial charge in [-0.1, -0.05) is 24.3 Å². The van der Waals surface area contributed by atoms with E-state index in [0.29, 0.717) is 47.1 Å². The lowest BCUT2D eigenvalue weighted by molar-refractivity contribution is -0.132. The number of carbonyl (C=O) groups is 1. The van der Waals surface area contributed by atoms with Crippen molar-refractivity contribution < 1.29 is 18.3 Å². The first-order chi connectivity index (χ1) is 16.0. The smallest absolute Gasteiger partial charge is 0.258 e. The molecule has 0 bridgehead atoms. The molecule has 1 amide bonds. The number of aryl methyl sites for hydroxylation is 1. The number of oxazole rings is 1. The summed E-state index contributed by atoms with van der Waals surface area (Å²) in [5, 5.41) is 0.491. The summed E-state index contributed by atoms with van der Waals surface area (Å²) >= 11 is 0. The number of nitrogens with zero attached hydrogens (tertiary/aromatic N) is 3. The van der Waals surface area contributed by atoms with Gasteiger partial charge in [0.1, 0.15) is 11.6 Å². The highest BCUT2D eigenvalue weighted by molar-refractivity contribution is 5.78. The number of fused-ring (bicyclic) bond motifs is 1. The Bertz CT molecular complexity index is 1320. The number of para-hydroxylation sites is 1. The number of aromatic nitrogens is 3. The summed E-state index contributed by atoms with van der Waals surface area (Å²) in [6.45, 7) is 0.798. The number of nitrogens with one attached hydrogen (secondary N) is 1. The zero-order valence-corrected chi connectivity index (χ0v) is 18.1. The van der Waals surface area contributed by atoms with Crippen molar-refractivity contribution in [1.82, 2.24) is 19.9 Å². The molecule has 8 nitrogen and oxygen atoms in total. The van der Waals surface area contributed by atoms with Crippen LogP contribution in [-0.4, -0.2) is 46.0 Å². The first kappa shape index (κ1) is 22.3. The third-order valence-corrected chi connectivity index (χ3v) is 5.17. The van der Waals surface area contributed by atoms with Gasteiger partial charge in [0, 0.05) is 26.5 Å². The van der Waals surface area contributed by atoms with Crippen LogP contribution in [0.1, 0.15) is 18.1 Å². The van der Waals surface area contributed by atoms with E-state index in [1.165, 1.54) is 12.3 Å². The normalized spacial score (nSPS) is 11.1. The molecule has 0 fully saturated rings. The second-order valence-corrected chi connectivity index (χ2v) is 7.44. The van der Waals surface area contributed by atoms with Crippen LogP contribution in [0.3, 0.4) is 0 Å². The van der Waals surface area contributed by atoms with Crippen molar-refractivity contribution in [2.45, 2.75) is 19.4 Å². The number of hydrogen-bond donors (Lipinski definition) is 1. The maximum absolute atomic E-state index is 14.0. The Hall–Kier alpha value is -3.85. The van der Waals surface area contributed by atoms with Crippen molar-refractivity contribution in [1.29, 1.82) is 0 Å². The van der Waals surface area contributed by atoms with Crippen LogP contribution >= 0.6 is 0 Å². The maximum atomic E-state index is 14.0. The molecule has 2 heterocycles. The molecular weight excluding hydrogens is 427 g/mol. The van der Waals surface area contributed by atoms with Crippen LogP contribution in [0.5, 0.6) is 0 Å². The van der Waals surface area contributed by atoms with Crippen molar-refractivity contribution >= 4 is 16.8 Å². The van der Waals surface area contributed by atoms with E-state index in [-0.39, 0.29) is 30.9 Å². The number of halogens is 1. The lowest BCUT2D eigenvalue weighted by Gasteiger charge is -2.21. The number of carbonyl (C=O) groups excluding carboxylic acids is 1. The number of hydrogen-bond acceptors (Lipinski definition) is 6. The first-order valence-electron chi connectivity index (χ1n) is 10.5. The van der Waals surface area contributed by atoms with Gasteiger partial charge in [0.15, 0.2) is 11.7 Å². The third-order valence-electron chi connectivity index (χ3n) is 5.17. The second-order valence-electron chi connectivity index (χ2n) is 7.44. The molecule has 170 valence electrons. The number of aromatic amines is 1. The summed E-state index contributed by atoms with van der Waals surface area (Å²) in [6, 6.07) is 13.3. The van der Waals surface area contributed by atoms with Gasteiger partial charge in [0.05, 0.1) is 35.8 Å². The molecule has 9 heteroatoms. The Morgan fingerprint density at radius 1 is 1.18 bits per heavy atom. The van der Waals surface area contributed by atoms with Gasteiger partial charge in [-0.3, -0.25) is 9.59 Å². The highest BCUT2D eigenvalue weighted by atomic mass is 19.1. The first-order valence-corrected chi connectivity index (χ1v) is 10.5. The van der Waals surface area contributed by atoms with E-state index in [2.05, 4.69) is 15.0 Å². The largest absolute Gasteiger partial charge is 0.441 e. The fourth-order valence-corrected chi connectivity index (χ4v) is 3.47. The van der Waals surface area contributed by atoms with Crippen molar-refractivity contribution in [2.75, 3.05) is 20.3 Å². The molecule has 2 aromatic heterocycles. The zero-order chi connectivity index (χ0) is 23.2. The predicted molar refractivity (Wildman–Crippen MR) is 120 cm³/mol. The van der Waals surface area contributed by atoms with E-state index >= 15 is 0 Å². The van der Waals surface area contributed by atoms with Crippen LogP contribution in [0.2, 0.25) is 0 Å². The van der Waals surface area contributed by atoms with Gasteiger partial charge in [0.2, 0.25) is 5.91 Å². The molecule has 0 atom stereocenters. The minimum atomic E-state index is -0.404.